The lowest BCUT2D eigenvalue weighted by Gasteiger charge is -2.32. The van der Waals surface area contributed by atoms with Gasteiger partial charge in [-0.1, -0.05) is 0 Å². The molecule has 0 radical (unpaired) electrons. The largest absolute Gasteiger partial charge is 0.467 e. The fraction of sp³-hybridized carbons (Fsp3) is 0.538. The van der Waals surface area contributed by atoms with E-state index in [2.05, 4.69) is 15.0 Å². The molecule has 1 aliphatic rings. The Kier molecular flexibility index (Phi) is 4.66. The van der Waals surface area contributed by atoms with Crippen molar-refractivity contribution in [3.8, 4) is 5.88 Å². The minimum atomic E-state index is -4.47. The summed E-state index contributed by atoms with van der Waals surface area (Å²) >= 11 is 0. The number of carbonyl (C=O) groups excluding carboxylic acids is 1. The van der Waals surface area contributed by atoms with Gasteiger partial charge in [0.2, 0.25) is 5.88 Å². The van der Waals surface area contributed by atoms with Gasteiger partial charge >= 0.3 is 6.18 Å². The van der Waals surface area contributed by atoms with E-state index in [0.717, 1.165) is 0 Å². The van der Waals surface area contributed by atoms with Gasteiger partial charge in [0.15, 0.2) is 6.61 Å². The average molecular weight is 303 g/mol. The van der Waals surface area contributed by atoms with Crippen LogP contribution in [0, 0.1) is 0 Å². The number of piperazine rings is 1. The van der Waals surface area contributed by atoms with E-state index in [0.29, 0.717) is 19.6 Å². The Morgan fingerprint density at radius 3 is 3.00 bits per heavy atom. The SMILES string of the molecule is CC1CN(C(=O)c2cccnc2OCC(F)(F)F)CCN1. The molecule has 1 aromatic heterocycles. The highest BCUT2D eigenvalue weighted by Crippen LogP contribution is 2.21. The Labute approximate surface area is 120 Å². The first-order chi connectivity index (χ1) is 9.87. The van der Waals surface area contributed by atoms with E-state index < -0.39 is 12.8 Å². The molecule has 2 rings (SSSR count). The van der Waals surface area contributed by atoms with E-state index in [1.807, 2.05) is 6.92 Å². The van der Waals surface area contributed by atoms with Crippen molar-refractivity contribution in [3.63, 3.8) is 0 Å². The second-order valence-electron chi connectivity index (χ2n) is 4.87. The van der Waals surface area contributed by atoms with Gasteiger partial charge < -0.3 is 15.0 Å². The van der Waals surface area contributed by atoms with Crippen LogP contribution in [0.5, 0.6) is 5.88 Å². The molecule has 0 aliphatic carbocycles. The van der Waals surface area contributed by atoms with Crippen LogP contribution in [0.1, 0.15) is 17.3 Å². The summed E-state index contributed by atoms with van der Waals surface area (Å²) in [7, 11) is 0. The van der Waals surface area contributed by atoms with Crippen molar-refractivity contribution in [2.45, 2.75) is 19.1 Å². The summed E-state index contributed by atoms with van der Waals surface area (Å²) in [6.07, 6.45) is -3.18. The first kappa shape index (κ1) is 15.6. The monoisotopic (exact) mass is 303 g/mol. The number of hydrogen-bond donors (Lipinski definition) is 1. The second kappa shape index (κ2) is 6.30. The van der Waals surface area contributed by atoms with Crippen LogP contribution >= 0.6 is 0 Å². The molecule has 1 aromatic rings. The number of alkyl halides is 3. The number of halogens is 3. The number of nitrogens with zero attached hydrogens (tertiary/aromatic N) is 2. The molecule has 1 unspecified atom stereocenters. The molecule has 2 heterocycles. The molecule has 21 heavy (non-hydrogen) atoms. The Morgan fingerprint density at radius 2 is 2.33 bits per heavy atom. The van der Waals surface area contributed by atoms with Crippen LogP contribution in [0.4, 0.5) is 13.2 Å². The van der Waals surface area contributed by atoms with Gasteiger partial charge in [-0.2, -0.15) is 13.2 Å². The Hall–Kier alpha value is -1.83. The van der Waals surface area contributed by atoms with E-state index >= 15 is 0 Å². The lowest BCUT2D eigenvalue weighted by atomic mass is 10.2. The normalized spacial score (nSPS) is 19.4. The molecule has 5 nitrogen and oxygen atoms in total. The minimum absolute atomic E-state index is 0.0517. The van der Waals surface area contributed by atoms with E-state index in [-0.39, 0.29) is 23.4 Å². The molecule has 1 saturated heterocycles. The molecule has 116 valence electrons. The van der Waals surface area contributed by atoms with Crippen LogP contribution in [-0.4, -0.2) is 54.3 Å². The Bertz CT molecular complexity index is 508. The number of ether oxygens (including phenoxy) is 1. The first-order valence-corrected chi connectivity index (χ1v) is 6.54. The molecule has 1 atom stereocenters. The molecule has 1 aliphatic heterocycles. The van der Waals surface area contributed by atoms with Crippen LogP contribution in [0.2, 0.25) is 0 Å². The van der Waals surface area contributed by atoms with Gasteiger partial charge in [-0.25, -0.2) is 4.98 Å². The fourth-order valence-electron chi connectivity index (χ4n) is 2.11. The number of nitrogens with one attached hydrogen (secondary N) is 1. The summed E-state index contributed by atoms with van der Waals surface area (Å²) in [5.74, 6) is -0.653. The topological polar surface area (TPSA) is 54.5 Å². The maximum atomic E-state index is 12.4. The number of aromatic nitrogens is 1. The van der Waals surface area contributed by atoms with Crippen molar-refractivity contribution in [2.75, 3.05) is 26.2 Å². The van der Waals surface area contributed by atoms with Crippen molar-refractivity contribution in [1.82, 2.24) is 15.2 Å². The first-order valence-electron chi connectivity index (χ1n) is 6.54. The van der Waals surface area contributed by atoms with Gasteiger partial charge in [-0.3, -0.25) is 4.79 Å². The van der Waals surface area contributed by atoms with Gasteiger partial charge in [0.05, 0.1) is 0 Å². The minimum Gasteiger partial charge on any atom is -0.467 e. The van der Waals surface area contributed by atoms with E-state index in [9.17, 15) is 18.0 Å². The molecular weight excluding hydrogens is 287 g/mol. The Morgan fingerprint density at radius 1 is 1.57 bits per heavy atom. The molecular formula is C13H16F3N3O2. The highest BCUT2D eigenvalue weighted by Gasteiger charge is 2.30. The summed E-state index contributed by atoms with van der Waals surface area (Å²) in [5.41, 5.74) is 0.0517. The predicted molar refractivity (Wildman–Crippen MR) is 69.2 cm³/mol. The highest BCUT2D eigenvalue weighted by atomic mass is 19.4. The zero-order chi connectivity index (χ0) is 15.5. The summed E-state index contributed by atoms with van der Waals surface area (Å²) in [4.78, 5) is 17.7. The van der Waals surface area contributed by atoms with Crippen LogP contribution in [0.3, 0.4) is 0 Å². The van der Waals surface area contributed by atoms with Crippen LogP contribution < -0.4 is 10.1 Å². The van der Waals surface area contributed by atoms with Crippen molar-refractivity contribution in [1.29, 1.82) is 0 Å². The third-order valence-electron chi connectivity index (χ3n) is 3.03. The number of pyridine rings is 1. The fourth-order valence-corrected chi connectivity index (χ4v) is 2.11. The molecule has 0 spiro atoms. The zero-order valence-electron chi connectivity index (χ0n) is 11.5. The van der Waals surface area contributed by atoms with E-state index in [4.69, 9.17) is 0 Å². The van der Waals surface area contributed by atoms with E-state index in [1.54, 1.807) is 4.90 Å². The smallest absolute Gasteiger partial charge is 0.422 e. The van der Waals surface area contributed by atoms with Crippen molar-refractivity contribution in [3.05, 3.63) is 23.9 Å². The standard InChI is InChI=1S/C13H16F3N3O2/c1-9-7-19(6-5-17-9)12(20)10-3-2-4-18-11(10)21-8-13(14,15)16/h2-4,9,17H,5-8H2,1H3. The van der Waals surface area contributed by atoms with Gasteiger partial charge in [-0.05, 0) is 19.1 Å². The lowest BCUT2D eigenvalue weighted by Crippen LogP contribution is -2.51. The molecule has 1 N–H and O–H groups in total. The van der Waals surface area contributed by atoms with Crippen molar-refractivity contribution in [2.24, 2.45) is 0 Å². The lowest BCUT2D eigenvalue weighted by molar-refractivity contribution is -0.154. The van der Waals surface area contributed by atoms with Crippen LogP contribution in [0.15, 0.2) is 18.3 Å². The summed E-state index contributed by atoms with van der Waals surface area (Å²) < 4.78 is 41.3. The van der Waals surface area contributed by atoms with E-state index in [1.165, 1.54) is 18.3 Å². The predicted octanol–water partition coefficient (Wildman–Crippen LogP) is 1.46. The van der Waals surface area contributed by atoms with Gasteiger partial charge in [0, 0.05) is 31.9 Å². The second-order valence-corrected chi connectivity index (χ2v) is 4.87. The molecule has 1 amide bonds. The van der Waals surface area contributed by atoms with Crippen molar-refractivity contribution < 1.29 is 22.7 Å². The van der Waals surface area contributed by atoms with Crippen LogP contribution in [0.25, 0.3) is 0 Å². The van der Waals surface area contributed by atoms with Gasteiger partial charge in [0.1, 0.15) is 5.56 Å². The molecule has 0 bridgehead atoms. The maximum absolute atomic E-state index is 12.4. The molecule has 8 heteroatoms. The Balaban J connectivity index is 2.13. The quantitative estimate of drug-likeness (QED) is 0.918. The maximum Gasteiger partial charge on any atom is 0.422 e. The molecule has 0 saturated carbocycles. The number of carbonyl (C=O) groups is 1. The highest BCUT2D eigenvalue weighted by molar-refractivity contribution is 5.96. The third kappa shape index (κ3) is 4.32. The number of hydrogen-bond acceptors (Lipinski definition) is 4. The zero-order valence-corrected chi connectivity index (χ0v) is 11.5. The van der Waals surface area contributed by atoms with Gasteiger partial charge in [-0.15, -0.1) is 0 Å². The third-order valence-corrected chi connectivity index (χ3v) is 3.03. The van der Waals surface area contributed by atoms with Crippen LogP contribution in [-0.2, 0) is 0 Å². The number of amides is 1. The van der Waals surface area contributed by atoms with Gasteiger partial charge in [0.25, 0.3) is 5.91 Å². The summed E-state index contributed by atoms with van der Waals surface area (Å²) in [6.45, 7) is 2.10. The average Bonchev–Trinajstić information content (AvgIpc) is 2.44. The van der Waals surface area contributed by atoms with Crippen molar-refractivity contribution >= 4 is 5.91 Å². The molecule has 1 fully saturated rings. The number of rotatable bonds is 3. The summed E-state index contributed by atoms with van der Waals surface area (Å²) in [5, 5.41) is 3.19. The summed E-state index contributed by atoms with van der Waals surface area (Å²) in [6, 6.07) is 3.06. The molecule has 0 aromatic carbocycles.